The Morgan fingerprint density at radius 3 is 2.75 bits per heavy atom. The molecule has 28 heavy (non-hydrogen) atoms. The van der Waals surface area contributed by atoms with Gasteiger partial charge in [0, 0.05) is 25.6 Å². The molecule has 4 aromatic rings. The maximum atomic E-state index is 12.7. The SMILES string of the molecule is Cc1ccccc1OCn1ccc(C(=O)N(C)Cc2cn3ccccc3n2)n1. The van der Waals surface area contributed by atoms with Crippen molar-refractivity contribution in [2.24, 2.45) is 0 Å². The Hall–Kier alpha value is -3.61. The zero-order chi connectivity index (χ0) is 19.5. The van der Waals surface area contributed by atoms with E-state index in [1.54, 1.807) is 28.9 Å². The highest BCUT2D eigenvalue weighted by atomic mass is 16.5. The van der Waals surface area contributed by atoms with E-state index in [0.717, 1.165) is 22.7 Å². The van der Waals surface area contributed by atoms with Gasteiger partial charge in [0.05, 0.1) is 12.2 Å². The van der Waals surface area contributed by atoms with Crippen molar-refractivity contribution >= 4 is 11.6 Å². The van der Waals surface area contributed by atoms with Crippen molar-refractivity contribution < 1.29 is 9.53 Å². The molecule has 0 atom stereocenters. The van der Waals surface area contributed by atoms with E-state index in [1.165, 1.54) is 0 Å². The van der Waals surface area contributed by atoms with Crippen molar-refractivity contribution in [1.29, 1.82) is 0 Å². The van der Waals surface area contributed by atoms with Crippen molar-refractivity contribution in [1.82, 2.24) is 24.1 Å². The highest BCUT2D eigenvalue weighted by Crippen LogP contribution is 2.16. The summed E-state index contributed by atoms with van der Waals surface area (Å²) in [5, 5.41) is 4.34. The molecule has 7 heteroatoms. The molecule has 1 amide bonds. The van der Waals surface area contributed by atoms with E-state index in [-0.39, 0.29) is 12.6 Å². The van der Waals surface area contributed by atoms with Crippen molar-refractivity contribution in [2.45, 2.75) is 20.2 Å². The van der Waals surface area contributed by atoms with Crippen LogP contribution >= 0.6 is 0 Å². The molecule has 3 heterocycles. The highest BCUT2D eigenvalue weighted by Gasteiger charge is 2.16. The van der Waals surface area contributed by atoms with Crippen LogP contribution in [0.3, 0.4) is 0 Å². The number of aryl methyl sites for hydroxylation is 1. The first-order valence-corrected chi connectivity index (χ1v) is 9.00. The summed E-state index contributed by atoms with van der Waals surface area (Å²) in [6.07, 6.45) is 5.60. The van der Waals surface area contributed by atoms with Crippen LogP contribution in [0, 0.1) is 6.92 Å². The summed E-state index contributed by atoms with van der Waals surface area (Å²) in [5.74, 6) is 0.640. The molecule has 1 aromatic carbocycles. The lowest BCUT2D eigenvalue weighted by atomic mass is 10.2. The first-order chi connectivity index (χ1) is 13.6. The second kappa shape index (κ2) is 7.56. The number of benzene rings is 1. The monoisotopic (exact) mass is 375 g/mol. The minimum absolute atomic E-state index is 0.160. The Kier molecular flexibility index (Phi) is 4.80. The molecule has 3 aromatic heterocycles. The van der Waals surface area contributed by atoms with Crippen LogP contribution in [-0.2, 0) is 13.3 Å². The predicted octanol–water partition coefficient (Wildman–Crippen LogP) is 3.15. The lowest BCUT2D eigenvalue weighted by Gasteiger charge is -2.14. The molecule has 0 radical (unpaired) electrons. The molecule has 0 aliphatic rings. The van der Waals surface area contributed by atoms with Gasteiger partial charge in [0.15, 0.2) is 12.4 Å². The zero-order valence-corrected chi connectivity index (χ0v) is 15.8. The van der Waals surface area contributed by atoms with Gasteiger partial charge >= 0.3 is 0 Å². The van der Waals surface area contributed by atoms with E-state index in [1.807, 2.05) is 66.2 Å². The number of hydrogen-bond donors (Lipinski definition) is 0. The summed E-state index contributed by atoms with van der Waals surface area (Å²) in [6, 6.07) is 15.3. The topological polar surface area (TPSA) is 64.7 Å². The van der Waals surface area contributed by atoms with E-state index in [9.17, 15) is 4.79 Å². The lowest BCUT2D eigenvalue weighted by molar-refractivity contribution is 0.0775. The molecule has 0 unspecified atom stereocenters. The Labute approximate surface area is 162 Å². The number of carbonyl (C=O) groups is 1. The van der Waals surface area contributed by atoms with Gasteiger partial charge in [-0.25, -0.2) is 9.67 Å². The minimum atomic E-state index is -0.160. The number of imidazole rings is 1. The van der Waals surface area contributed by atoms with Crippen LogP contribution in [0.1, 0.15) is 21.7 Å². The van der Waals surface area contributed by atoms with E-state index in [4.69, 9.17) is 4.74 Å². The van der Waals surface area contributed by atoms with Gasteiger partial charge < -0.3 is 14.0 Å². The van der Waals surface area contributed by atoms with Gasteiger partial charge in [0.25, 0.3) is 5.91 Å². The Morgan fingerprint density at radius 2 is 1.93 bits per heavy atom. The van der Waals surface area contributed by atoms with E-state index in [0.29, 0.717) is 12.2 Å². The van der Waals surface area contributed by atoms with Crippen LogP contribution < -0.4 is 4.74 Å². The number of carbonyl (C=O) groups excluding carboxylic acids is 1. The molecule has 0 fully saturated rings. The van der Waals surface area contributed by atoms with Crippen LogP contribution in [0.4, 0.5) is 0 Å². The van der Waals surface area contributed by atoms with Crippen LogP contribution in [0.25, 0.3) is 5.65 Å². The van der Waals surface area contributed by atoms with Crippen LogP contribution in [0.5, 0.6) is 5.75 Å². The predicted molar refractivity (Wildman–Crippen MR) is 105 cm³/mol. The van der Waals surface area contributed by atoms with E-state index < -0.39 is 0 Å². The number of pyridine rings is 1. The third-order valence-electron chi connectivity index (χ3n) is 4.47. The average molecular weight is 375 g/mol. The van der Waals surface area contributed by atoms with Crippen molar-refractivity contribution in [3.63, 3.8) is 0 Å². The molecule has 0 spiro atoms. The maximum Gasteiger partial charge on any atom is 0.274 e. The number of nitrogens with zero attached hydrogens (tertiary/aromatic N) is 5. The molecule has 0 aliphatic heterocycles. The summed E-state index contributed by atoms with van der Waals surface area (Å²) in [5.41, 5.74) is 3.11. The molecule has 142 valence electrons. The number of amides is 1. The van der Waals surface area contributed by atoms with E-state index >= 15 is 0 Å². The van der Waals surface area contributed by atoms with Gasteiger partial charge in [-0.2, -0.15) is 5.10 Å². The molecular weight excluding hydrogens is 354 g/mol. The van der Waals surface area contributed by atoms with Gasteiger partial charge in [-0.1, -0.05) is 24.3 Å². The van der Waals surface area contributed by atoms with Crippen LogP contribution in [-0.4, -0.2) is 37.0 Å². The van der Waals surface area contributed by atoms with Crippen LogP contribution in [0.2, 0.25) is 0 Å². The van der Waals surface area contributed by atoms with Crippen molar-refractivity contribution in [3.8, 4) is 5.75 Å². The van der Waals surface area contributed by atoms with Gasteiger partial charge in [-0.15, -0.1) is 0 Å². The van der Waals surface area contributed by atoms with Crippen molar-refractivity contribution in [2.75, 3.05) is 7.05 Å². The van der Waals surface area contributed by atoms with Crippen LogP contribution in [0.15, 0.2) is 67.1 Å². The number of rotatable bonds is 6. The maximum absolute atomic E-state index is 12.7. The number of aromatic nitrogens is 4. The third-order valence-corrected chi connectivity index (χ3v) is 4.47. The third kappa shape index (κ3) is 3.73. The Bertz CT molecular complexity index is 1080. The number of hydrogen-bond acceptors (Lipinski definition) is 4. The fourth-order valence-corrected chi connectivity index (χ4v) is 2.98. The zero-order valence-electron chi connectivity index (χ0n) is 15.8. The molecule has 0 aliphatic carbocycles. The molecule has 0 saturated heterocycles. The first-order valence-electron chi connectivity index (χ1n) is 9.00. The fourth-order valence-electron chi connectivity index (χ4n) is 2.98. The molecule has 0 bridgehead atoms. The van der Waals surface area contributed by atoms with Crippen molar-refractivity contribution in [3.05, 3.63) is 84.1 Å². The quantitative estimate of drug-likeness (QED) is 0.519. The smallest absolute Gasteiger partial charge is 0.274 e. The summed E-state index contributed by atoms with van der Waals surface area (Å²) in [4.78, 5) is 18.8. The summed E-state index contributed by atoms with van der Waals surface area (Å²) < 4.78 is 9.31. The van der Waals surface area contributed by atoms with Gasteiger partial charge in [-0.3, -0.25) is 4.79 Å². The van der Waals surface area contributed by atoms with Gasteiger partial charge in [-0.05, 0) is 36.8 Å². The normalized spacial score (nSPS) is 10.9. The minimum Gasteiger partial charge on any atom is -0.471 e. The molecule has 4 rings (SSSR count). The second-order valence-corrected chi connectivity index (χ2v) is 6.64. The first kappa shape index (κ1) is 17.8. The molecular formula is C21H21N5O2. The Balaban J connectivity index is 1.39. The second-order valence-electron chi connectivity index (χ2n) is 6.64. The molecule has 0 saturated carbocycles. The number of fused-ring (bicyclic) bond motifs is 1. The summed E-state index contributed by atoms with van der Waals surface area (Å²) >= 11 is 0. The molecule has 7 nitrogen and oxygen atoms in total. The Morgan fingerprint density at radius 1 is 1.11 bits per heavy atom. The number of para-hydroxylation sites is 1. The highest BCUT2D eigenvalue weighted by molar-refractivity contribution is 5.91. The van der Waals surface area contributed by atoms with Gasteiger partial charge in [0.1, 0.15) is 11.4 Å². The van der Waals surface area contributed by atoms with Gasteiger partial charge in [0.2, 0.25) is 0 Å². The summed E-state index contributed by atoms with van der Waals surface area (Å²) in [7, 11) is 1.75. The molecule has 0 N–H and O–H groups in total. The largest absolute Gasteiger partial charge is 0.471 e. The fraction of sp³-hybridized carbons (Fsp3) is 0.190. The lowest BCUT2D eigenvalue weighted by Crippen LogP contribution is -2.27. The number of ether oxygens (including phenoxy) is 1. The summed E-state index contributed by atoms with van der Waals surface area (Å²) in [6.45, 7) is 2.64. The standard InChI is InChI=1S/C21H21N5O2/c1-16-7-3-4-8-19(16)28-15-26-12-10-18(23-26)21(27)24(2)13-17-14-25-11-6-5-9-20(25)22-17/h3-12,14H,13,15H2,1-2H3. The average Bonchev–Trinajstić information content (AvgIpc) is 3.33. The van der Waals surface area contributed by atoms with E-state index in [2.05, 4.69) is 10.1 Å².